The van der Waals surface area contributed by atoms with Gasteiger partial charge in [-0.15, -0.1) is 0 Å². The molecule has 6 heteroatoms. The van der Waals surface area contributed by atoms with Crippen molar-refractivity contribution in [2.24, 2.45) is 23.2 Å². The second-order valence-corrected chi connectivity index (χ2v) is 9.95. The Morgan fingerprint density at radius 2 is 1.84 bits per heavy atom. The van der Waals surface area contributed by atoms with Crippen molar-refractivity contribution >= 4 is 11.9 Å². The van der Waals surface area contributed by atoms with Crippen molar-refractivity contribution in [2.45, 2.75) is 103 Å². The van der Waals surface area contributed by atoms with Crippen molar-refractivity contribution in [3.05, 3.63) is 23.8 Å². The number of cyclic esters (lactones) is 1. The maximum absolute atomic E-state index is 13.2. The van der Waals surface area contributed by atoms with E-state index in [1.165, 1.54) is 0 Å². The predicted octanol–water partition coefficient (Wildman–Crippen LogP) is 4.09. The van der Waals surface area contributed by atoms with Crippen LogP contribution in [0.2, 0.25) is 0 Å². The van der Waals surface area contributed by atoms with Gasteiger partial charge in [-0.25, -0.2) is 0 Å². The van der Waals surface area contributed by atoms with Gasteiger partial charge in [-0.1, -0.05) is 45.9 Å². The van der Waals surface area contributed by atoms with E-state index >= 15 is 0 Å². The van der Waals surface area contributed by atoms with Crippen LogP contribution in [0.25, 0.3) is 0 Å². The minimum atomic E-state index is -0.635. The van der Waals surface area contributed by atoms with Gasteiger partial charge in [-0.05, 0) is 49.5 Å². The predicted molar refractivity (Wildman–Crippen MR) is 122 cm³/mol. The molecule has 0 spiro atoms. The molecular formula is C26H40O6. The number of hydrogen-bond donors (Lipinski definition) is 2. The number of aliphatic hydroxyl groups excluding tert-OH is 2. The largest absolute Gasteiger partial charge is 0.462 e. The van der Waals surface area contributed by atoms with Gasteiger partial charge in [0.1, 0.15) is 12.2 Å². The molecule has 2 N–H and O–H groups in total. The zero-order valence-corrected chi connectivity index (χ0v) is 20.0. The molecule has 0 bridgehead atoms. The molecule has 3 rings (SSSR count). The number of carbonyl (C=O) groups is 2. The third-order valence-electron chi connectivity index (χ3n) is 8.15. The Balaban J connectivity index is 1.78. The third kappa shape index (κ3) is 5.28. The molecule has 0 radical (unpaired) electrons. The monoisotopic (exact) mass is 448 g/mol. The zero-order chi connectivity index (χ0) is 23.5. The van der Waals surface area contributed by atoms with E-state index in [0.29, 0.717) is 19.3 Å². The number of allylic oxidation sites excluding steroid dienone is 2. The maximum Gasteiger partial charge on any atom is 0.312 e. The fourth-order valence-electron chi connectivity index (χ4n) is 5.85. The molecule has 1 heterocycles. The van der Waals surface area contributed by atoms with Gasteiger partial charge < -0.3 is 19.7 Å². The van der Waals surface area contributed by atoms with Gasteiger partial charge in [0, 0.05) is 18.8 Å². The average molecular weight is 449 g/mol. The Bertz CT molecular complexity index is 728. The number of ether oxygens (including phenoxy) is 2. The van der Waals surface area contributed by atoms with Crippen molar-refractivity contribution in [2.75, 3.05) is 0 Å². The maximum atomic E-state index is 13.2. The second kappa shape index (κ2) is 10.5. The number of carbonyl (C=O) groups excluding carboxylic acids is 2. The summed E-state index contributed by atoms with van der Waals surface area (Å²) in [5.41, 5.74) is 0.546. The van der Waals surface area contributed by atoms with Crippen molar-refractivity contribution in [1.82, 2.24) is 0 Å². The SMILES string of the molecule is CCC(CC)(CC)C(=O)O[C@H]1C[C@H](O)C=C2C=C[C@H](C)[C@H](CC[C@@H]3C[C@@H](O)CC(=O)O3)[C@H]21. The highest BCUT2D eigenvalue weighted by Crippen LogP contribution is 2.45. The summed E-state index contributed by atoms with van der Waals surface area (Å²) in [6.07, 6.45) is 8.79. The number of aliphatic hydroxyl groups is 2. The Labute approximate surface area is 192 Å². The number of hydrogen-bond acceptors (Lipinski definition) is 6. The van der Waals surface area contributed by atoms with Gasteiger partial charge in [0.2, 0.25) is 0 Å². The Hall–Kier alpha value is -1.66. The molecule has 0 unspecified atom stereocenters. The van der Waals surface area contributed by atoms with Gasteiger partial charge in [0.15, 0.2) is 0 Å². The van der Waals surface area contributed by atoms with E-state index in [1.807, 2.05) is 26.8 Å². The standard InChI is InChI=1S/C26H40O6/c1-5-26(6-2,7-3)25(30)32-22-14-18(27)12-17-9-8-16(4)21(24(17)22)11-10-20-13-19(28)15-23(29)31-20/h8-9,12,16,18-22,24,27-28H,5-7,10-11,13-15H2,1-4H3/t16-,18+,19+,20+,21-,22-,24-/m0/s1. The van der Waals surface area contributed by atoms with Crippen LogP contribution in [0.15, 0.2) is 23.8 Å². The van der Waals surface area contributed by atoms with E-state index in [4.69, 9.17) is 9.47 Å². The highest BCUT2D eigenvalue weighted by atomic mass is 16.6. The van der Waals surface area contributed by atoms with E-state index in [2.05, 4.69) is 19.1 Å². The molecule has 0 aromatic rings. The van der Waals surface area contributed by atoms with Crippen LogP contribution in [-0.2, 0) is 19.1 Å². The molecule has 0 saturated carbocycles. The molecule has 1 saturated heterocycles. The summed E-state index contributed by atoms with van der Waals surface area (Å²) >= 11 is 0. The van der Waals surface area contributed by atoms with Gasteiger partial charge in [0.05, 0.1) is 24.0 Å². The van der Waals surface area contributed by atoms with Gasteiger partial charge in [0.25, 0.3) is 0 Å². The number of fused-ring (bicyclic) bond motifs is 1. The van der Waals surface area contributed by atoms with E-state index in [0.717, 1.165) is 31.3 Å². The van der Waals surface area contributed by atoms with Crippen LogP contribution in [0.1, 0.15) is 79.1 Å². The highest BCUT2D eigenvalue weighted by Gasteiger charge is 2.44. The lowest BCUT2D eigenvalue weighted by Gasteiger charge is -2.44. The first-order chi connectivity index (χ1) is 15.2. The Morgan fingerprint density at radius 1 is 1.16 bits per heavy atom. The summed E-state index contributed by atoms with van der Waals surface area (Å²) < 4.78 is 11.6. The van der Waals surface area contributed by atoms with Crippen molar-refractivity contribution < 1.29 is 29.3 Å². The van der Waals surface area contributed by atoms with E-state index in [1.54, 1.807) is 0 Å². The molecule has 2 aliphatic carbocycles. The van der Waals surface area contributed by atoms with Gasteiger partial charge in [-0.3, -0.25) is 9.59 Å². The Kier molecular flexibility index (Phi) is 8.21. The van der Waals surface area contributed by atoms with Gasteiger partial charge in [-0.2, -0.15) is 0 Å². The lowest BCUT2D eigenvalue weighted by Crippen LogP contribution is -2.45. The molecule has 1 fully saturated rings. The normalized spacial score (nSPS) is 35.0. The lowest BCUT2D eigenvalue weighted by molar-refractivity contribution is -0.169. The molecule has 7 atom stereocenters. The smallest absolute Gasteiger partial charge is 0.312 e. The van der Waals surface area contributed by atoms with E-state index in [9.17, 15) is 19.8 Å². The number of esters is 2. The number of rotatable bonds is 8. The fourth-order valence-corrected chi connectivity index (χ4v) is 5.85. The van der Waals surface area contributed by atoms with E-state index < -0.39 is 17.6 Å². The molecule has 32 heavy (non-hydrogen) atoms. The molecule has 180 valence electrons. The first kappa shape index (κ1) is 25.0. The first-order valence-electron chi connectivity index (χ1n) is 12.4. The van der Waals surface area contributed by atoms with Crippen LogP contribution in [0, 0.1) is 23.2 Å². The quantitative estimate of drug-likeness (QED) is 0.543. The van der Waals surface area contributed by atoms with Crippen molar-refractivity contribution in [3.8, 4) is 0 Å². The lowest BCUT2D eigenvalue weighted by atomic mass is 9.66. The van der Waals surface area contributed by atoms with Crippen molar-refractivity contribution in [1.29, 1.82) is 0 Å². The summed E-state index contributed by atoms with van der Waals surface area (Å²) in [5.74, 6) is -0.0168. The second-order valence-electron chi connectivity index (χ2n) is 9.95. The fraction of sp³-hybridized carbons (Fsp3) is 0.769. The van der Waals surface area contributed by atoms with Crippen LogP contribution < -0.4 is 0 Å². The van der Waals surface area contributed by atoms with Crippen LogP contribution in [0.5, 0.6) is 0 Å². The topological polar surface area (TPSA) is 93.1 Å². The minimum absolute atomic E-state index is 0.00911. The third-order valence-corrected chi connectivity index (χ3v) is 8.15. The Morgan fingerprint density at radius 3 is 2.47 bits per heavy atom. The molecule has 0 amide bonds. The van der Waals surface area contributed by atoms with Crippen LogP contribution in [0.3, 0.4) is 0 Å². The molecule has 6 nitrogen and oxygen atoms in total. The van der Waals surface area contributed by atoms with Gasteiger partial charge >= 0.3 is 11.9 Å². The van der Waals surface area contributed by atoms with Crippen molar-refractivity contribution in [3.63, 3.8) is 0 Å². The molecule has 0 aromatic carbocycles. The molecule has 3 aliphatic rings. The average Bonchev–Trinajstić information content (AvgIpc) is 2.74. The first-order valence-corrected chi connectivity index (χ1v) is 12.4. The van der Waals surface area contributed by atoms with Crippen LogP contribution in [-0.4, -0.2) is 46.6 Å². The van der Waals surface area contributed by atoms with E-state index in [-0.39, 0.29) is 48.3 Å². The zero-order valence-electron chi connectivity index (χ0n) is 20.0. The van der Waals surface area contributed by atoms with Crippen LogP contribution >= 0.6 is 0 Å². The van der Waals surface area contributed by atoms with Crippen LogP contribution in [0.4, 0.5) is 0 Å². The molecule has 0 aromatic heterocycles. The summed E-state index contributed by atoms with van der Waals surface area (Å²) in [6, 6.07) is 0. The summed E-state index contributed by atoms with van der Waals surface area (Å²) in [7, 11) is 0. The summed E-state index contributed by atoms with van der Waals surface area (Å²) in [6.45, 7) is 8.26. The molecule has 1 aliphatic heterocycles. The summed E-state index contributed by atoms with van der Waals surface area (Å²) in [5, 5.41) is 20.4. The minimum Gasteiger partial charge on any atom is -0.462 e. The summed E-state index contributed by atoms with van der Waals surface area (Å²) in [4.78, 5) is 25.0. The molecular weight excluding hydrogens is 408 g/mol. The highest BCUT2D eigenvalue weighted by molar-refractivity contribution is 5.77.